The highest BCUT2D eigenvalue weighted by Gasteiger charge is 2.28. The molecule has 6 N–H and O–H groups in total. The maximum Gasteiger partial charge on any atom is 0.488 e. The Bertz CT molecular complexity index is 2590. The maximum absolute atomic E-state index is 12.3. The van der Waals surface area contributed by atoms with Crippen LogP contribution in [0.25, 0.3) is 45.2 Å². The Kier molecular flexibility index (Phi) is 11.7. The third-order valence-corrected chi connectivity index (χ3v) is 8.21. The number of aromatic nitrogens is 7. The summed E-state index contributed by atoms with van der Waals surface area (Å²) in [6.07, 6.45) is -2.25. The van der Waals surface area contributed by atoms with E-state index >= 15 is 0 Å². The quantitative estimate of drug-likeness (QED) is 0.0899. The van der Waals surface area contributed by atoms with Crippen molar-refractivity contribution in [1.82, 2.24) is 44.2 Å². The van der Waals surface area contributed by atoms with Gasteiger partial charge in [-0.15, -0.1) is 0 Å². The van der Waals surface area contributed by atoms with Crippen molar-refractivity contribution in [3.63, 3.8) is 0 Å². The number of urea groups is 2. The standard InChI is InChI=1S/C20H18F3N7O.C16H14BF3N4O3/c1-12-26-18(29(2)28-12)14-6-7-30-16(10-24-17(30)9-14)13-4-3-5-15(8-13)27-19(31)25-11-20(21,22)23;18-16(19,20)9-22-15(25)23-12-3-1-2-10(6-12)13-8-21-14-7-11(17(26)27)4-5-24(13)14/h3-10H,11H2,1-2H3,(H2,25,27,31);1-8,26-27H,9H2,(H2,22,23,25). The number of halogens is 6. The molecule has 0 atom stereocenters. The molecule has 0 bridgehead atoms. The average Bonchev–Trinajstić information content (AvgIpc) is 3.88. The molecule has 0 fully saturated rings. The van der Waals surface area contributed by atoms with Gasteiger partial charge in [0.1, 0.15) is 30.2 Å². The summed E-state index contributed by atoms with van der Waals surface area (Å²) < 4.78 is 78.5. The molecule has 7 aromatic rings. The summed E-state index contributed by atoms with van der Waals surface area (Å²) in [5.41, 5.74) is 5.81. The molecular weight excluding hydrogens is 775 g/mol. The number of aryl methyl sites for hydroxylation is 2. The Hall–Kier alpha value is -6.94. The molecule has 2 aromatic carbocycles. The smallest absolute Gasteiger partial charge is 0.423 e. The number of imidazole rings is 2. The molecule has 7 rings (SSSR count). The molecule has 4 amide bonds. The lowest BCUT2D eigenvalue weighted by molar-refractivity contribution is -0.123. The number of rotatable bonds is 8. The summed E-state index contributed by atoms with van der Waals surface area (Å²) in [6.45, 7) is -1.01. The van der Waals surface area contributed by atoms with Crippen molar-refractivity contribution in [3.05, 3.63) is 103 Å². The highest BCUT2D eigenvalue weighted by atomic mass is 19.4. The molecule has 5 aromatic heterocycles. The second-order valence-corrected chi connectivity index (χ2v) is 12.6. The summed E-state index contributed by atoms with van der Waals surface area (Å²) in [5.74, 6) is 1.39. The molecule has 5 heterocycles. The minimum atomic E-state index is -4.49. The van der Waals surface area contributed by atoms with E-state index < -0.39 is 44.6 Å². The van der Waals surface area contributed by atoms with Crippen LogP contribution in [-0.2, 0) is 7.05 Å². The van der Waals surface area contributed by atoms with Crippen molar-refractivity contribution < 1.29 is 46.0 Å². The number of amides is 4. The lowest BCUT2D eigenvalue weighted by Gasteiger charge is -2.11. The SMILES string of the molecule is Cc1nc(-c2ccn3c(-c4cccc(NC(=O)NCC(F)(F)F)c4)cnc3c2)n(C)n1.O=C(NCC(F)(F)F)Nc1cccc(-c2cnc3cc(B(O)O)ccn23)c1. The van der Waals surface area contributed by atoms with Gasteiger partial charge in [0.15, 0.2) is 5.82 Å². The summed E-state index contributed by atoms with van der Waals surface area (Å²) in [6, 6.07) is 18.2. The van der Waals surface area contributed by atoms with Crippen LogP contribution in [0.5, 0.6) is 0 Å². The van der Waals surface area contributed by atoms with Crippen LogP contribution < -0.4 is 26.7 Å². The molecule has 22 heteroatoms. The fraction of sp³-hybridized carbons (Fsp3) is 0.167. The zero-order chi connectivity index (χ0) is 41.8. The topological polar surface area (TPSA) is 188 Å². The molecule has 0 unspecified atom stereocenters. The van der Waals surface area contributed by atoms with E-state index in [4.69, 9.17) is 0 Å². The van der Waals surface area contributed by atoms with E-state index in [1.54, 1.807) is 80.8 Å². The second-order valence-electron chi connectivity index (χ2n) is 12.6. The number of anilines is 2. The van der Waals surface area contributed by atoms with Crippen LogP contribution in [0.3, 0.4) is 0 Å². The zero-order valence-corrected chi connectivity index (χ0v) is 30.3. The minimum Gasteiger partial charge on any atom is -0.423 e. The normalized spacial score (nSPS) is 11.6. The first kappa shape index (κ1) is 40.7. The van der Waals surface area contributed by atoms with E-state index in [1.807, 2.05) is 42.8 Å². The van der Waals surface area contributed by atoms with Gasteiger partial charge in [-0.1, -0.05) is 24.3 Å². The number of hydrogen-bond acceptors (Lipinski definition) is 8. The molecule has 300 valence electrons. The van der Waals surface area contributed by atoms with Crippen molar-refractivity contribution in [2.45, 2.75) is 19.3 Å². The van der Waals surface area contributed by atoms with Gasteiger partial charge in [-0.2, -0.15) is 31.4 Å². The van der Waals surface area contributed by atoms with E-state index in [9.17, 15) is 46.0 Å². The van der Waals surface area contributed by atoms with E-state index in [0.29, 0.717) is 39.8 Å². The van der Waals surface area contributed by atoms with Crippen LogP contribution in [0.1, 0.15) is 5.82 Å². The fourth-order valence-corrected chi connectivity index (χ4v) is 5.69. The molecule has 0 radical (unpaired) electrons. The van der Waals surface area contributed by atoms with Gasteiger partial charge < -0.3 is 31.3 Å². The van der Waals surface area contributed by atoms with Crippen LogP contribution in [0, 0.1) is 6.92 Å². The van der Waals surface area contributed by atoms with Gasteiger partial charge in [0, 0.05) is 47.5 Å². The number of pyridine rings is 2. The summed E-state index contributed by atoms with van der Waals surface area (Å²) in [4.78, 5) is 36.4. The summed E-state index contributed by atoms with van der Waals surface area (Å²) in [7, 11) is 0.206. The minimum absolute atomic E-state index is 0.288. The van der Waals surface area contributed by atoms with Gasteiger partial charge in [0.05, 0.1) is 23.8 Å². The maximum atomic E-state index is 12.3. The number of carbonyl (C=O) groups excluding carboxylic acids is 2. The van der Waals surface area contributed by atoms with Gasteiger partial charge in [-0.05, 0) is 60.9 Å². The molecular formula is C36H32BF6N11O4. The summed E-state index contributed by atoms with van der Waals surface area (Å²) in [5, 5.41) is 31.0. The molecule has 58 heavy (non-hydrogen) atoms. The molecule has 0 saturated heterocycles. The van der Waals surface area contributed by atoms with E-state index in [1.165, 1.54) is 12.1 Å². The number of nitrogens with one attached hydrogen (secondary N) is 4. The third-order valence-electron chi connectivity index (χ3n) is 8.21. The van der Waals surface area contributed by atoms with Crippen molar-refractivity contribution in [3.8, 4) is 33.9 Å². The van der Waals surface area contributed by atoms with Crippen LogP contribution in [0.4, 0.5) is 47.3 Å². The largest absolute Gasteiger partial charge is 0.488 e. The molecule has 0 aliphatic carbocycles. The van der Waals surface area contributed by atoms with Crippen LogP contribution in [0.2, 0.25) is 0 Å². The lowest BCUT2D eigenvalue weighted by atomic mass is 9.81. The predicted octanol–water partition coefficient (Wildman–Crippen LogP) is 5.15. The fourth-order valence-electron chi connectivity index (χ4n) is 5.69. The molecule has 0 aliphatic heterocycles. The first-order valence-corrected chi connectivity index (χ1v) is 17.0. The van der Waals surface area contributed by atoms with Gasteiger partial charge in [0.2, 0.25) is 0 Å². The number of fused-ring (bicyclic) bond motifs is 2. The molecule has 15 nitrogen and oxygen atoms in total. The monoisotopic (exact) mass is 807 g/mol. The van der Waals surface area contributed by atoms with Crippen molar-refractivity contribution in [1.29, 1.82) is 0 Å². The number of alkyl halides is 6. The number of hydrogen-bond donors (Lipinski definition) is 6. The van der Waals surface area contributed by atoms with Gasteiger partial charge >= 0.3 is 31.5 Å². The van der Waals surface area contributed by atoms with Gasteiger partial charge in [-0.25, -0.2) is 29.2 Å². The third kappa shape index (κ3) is 10.3. The van der Waals surface area contributed by atoms with Gasteiger partial charge in [-0.3, -0.25) is 8.80 Å². The summed E-state index contributed by atoms with van der Waals surface area (Å²) >= 11 is 0. The predicted molar refractivity (Wildman–Crippen MR) is 202 cm³/mol. The van der Waals surface area contributed by atoms with Crippen molar-refractivity contribution in [2.24, 2.45) is 7.05 Å². The van der Waals surface area contributed by atoms with E-state index in [2.05, 4.69) is 30.7 Å². The second kappa shape index (κ2) is 16.7. The Morgan fingerprint density at radius 2 is 1.21 bits per heavy atom. The van der Waals surface area contributed by atoms with Crippen molar-refractivity contribution in [2.75, 3.05) is 23.7 Å². The molecule has 0 saturated carbocycles. The van der Waals surface area contributed by atoms with E-state index in [0.717, 1.165) is 22.6 Å². The number of nitrogens with zero attached hydrogens (tertiary/aromatic N) is 7. The first-order chi connectivity index (χ1) is 27.4. The van der Waals surface area contributed by atoms with Crippen LogP contribution in [-0.4, -0.2) is 88.2 Å². The first-order valence-electron chi connectivity index (χ1n) is 17.0. The highest BCUT2D eigenvalue weighted by molar-refractivity contribution is 6.58. The van der Waals surface area contributed by atoms with Crippen LogP contribution in [0.15, 0.2) is 97.6 Å². The molecule has 0 aliphatic rings. The number of benzene rings is 2. The zero-order valence-electron chi connectivity index (χ0n) is 30.3. The van der Waals surface area contributed by atoms with E-state index in [-0.39, 0.29) is 5.46 Å². The Morgan fingerprint density at radius 3 is 1.67 bits per heavy atom. The Morgan fingerprint density at radius 1 is 0.707 bits per heavy atom. The Labute approximate surface area is 324 Å². The van der Waals surface area contributed by atoms with Crippen molar-refractivity contribution >= 4 is 47.3 Å². The number of carbonyl (C=O) groups is 2. The average molecular weight is 808 g/mol. The Balaban J connectivity index is 0.000000198. The van der Waals surface area contributed by atoms with Gasteiger partial charge in [0.25, 0.3) is 0 Å². The highest BCUT2D eigenvalue weighted by Crippen LogP contribution is 2.27. The van der Waals surface area contributed by atoms with Crippen LogP contribution >= 0.6 is 0 Å². The molecule has 0 spiro atoms. The lowest BCUT2D eigenvalue weighted by Crippen LogP contribution is -2.36.